The van der Waals surface area contributed by atoms with Crippen molar-refractivity contribution in [2.24, 2.45) is 5.92 Å². The lowest BCUT2D eigenvalue weighted by atomic mass is 10.1. The maximum atomic E-state index is 5.81. The van der Waals surface area contributed by atoms with Crippen LogP contribution in [0.5, 0.6) is 0 Å². The van der Waals surface area contributed by atoms with Crippen LogP contribution in [-0.4, -0.2) is 32.5 Å². The largest absolute Gasteiger partial charge is 0.382 e. The number of benzene rings is 1. The van der Waals surface area contributed by atoms with Crippen molar-refractivity contribution in [3.8, 4) is 0 Å². The van der Waals surface area contributed by atoms with E-state index >= 15 is 0 Å². The average molecular weight is 235 g/mol. The molecule has 0 radical (unpaired) electrons. The van der Waals surface area contributed by atoms with Gasteiger partial charge in [0.25, 0.3) is 0 Å². The molecule has 17 heavy (non-hydrogen) atoms. The van der Waals surface area contributed by atoms with Crippen LogP contribution in [0, 0.1) is 5.92 Å². The van der Waals surface area contributed by atoms with Crippen LogP contribution in [0.3, 0.4) is 0 Å². The van der Waals surface area contributed by atoms with Gasteiger partial charge < -0.3 is 14.8 Å². The molecule has 0 aliphatic carbocycles. The highest BCUT2D eigenvalue weighted by molar-refractivity contribution is 5.42. The highest BCUT2D eigenvalue weighted by Gasteiger charge is 2.16. The van der Waals surface area contributed by atoms with Crippen molar-refractivity contribution in [1.29, 1.82) is 0 Å². The lowest BCUT2D eigenvalue weighted by Crippen LogP contribution is -2.23. The zero-order chi connectivity index (χ0) is 11.9. The van der Waals surface area contributed by atoms with Crippen LogP contribution in [0.4, 0.5) is 5.69 Å². The minimum Gasteiger partial charge on any atom is -0.382 e. The monoisotopic (exact) mass is 235 g/mol. The summed E-state index contributed by atoms with van der Waals surface area (Å²) >= 11 is 0. The normalized spacial score (nSPS) is 21.4. The van der Waals surface area contributed by atoms with Gasteiger partial charge in [-0.25, -0.2) is 0 Å². The third kappa shape index (κ3) is 4.36. The third-order valence-electron chi connectivity index (χ3n) is 3.01. The zero-order valence-electron chi connectivity index (χ0n) is 10.4. The number of ether oxygens (including phenoxy) is 2. The summed E-state index contributed by atoms with van der Waals surface area (Å²) in [6, 6.07) is 10.2. The molecule has 1 fully saturated rings. The summed E-state index contributed by atoms with van der Waals surface area (Å²) in [7, 11) is 0. The minimum absolute atomic E-state index is 0.232. The van der Waals surface area contributed by atoms with Gasteiger partial charge in [0.2, 0.25) is 0 Å². The maximum absolute atomic E-state index is 5.81. The number of hydrogen-bond donors (Lipinski definition) is 1. The van der Waals surface area contributed by atoms with Crippen LogP contribution in [0.15, 0.2) is 30.3 Å². The van der Waals surface area contributed by atoms with Crippen LogP contribution in [0.2, 0.25) is 0 Å². The van der Waals surface area contributed by atoms with E-state index in [4.69, 9.17) is 9.47 Å². The van der Waals surface area contributed by atoms with Crippen molar-refractivity contribution in [1.82, 2.24) is 0 Å². The molecule has 1 heterocycles. The van der Waals surface area contributed by atoms with E-state index in [-0.39, 0.29) is 6.10 Å². The number of anilines is 1. The second kappa shape index (κ2) is 6.62. The summed E-state index contributed by atoms with van der Waals surface area (Å²) < 4.78 is 11.1. The number of nitrogens with one attached hydrogen (secondary N) is 1. The molecule has 1 N–H and O–H groups in total. The predicted octanol–water partition coefficient (Wildman–Crippen LogP) is 2.54. The van der Waals surface area contributed by atoms with Crippen LogP contribution < -0.4 is 5.32 Å². The van der Waals surface area contributed by atoms with E-state index in [1.54, 1.807) is 0 Å². The first-order chi connectivity index (χ1) is 8.34. The second-order valence-corrected chi connectivity index (χ2v) is 4.62. The van der Waals surface area contributed by atoms with Crippen LogP contribution in [0.1, 0.15) is 13.3 Å². The van der Waals surface area contributed by atoms with Gasteiger partial charge in [0.05, 0.1) is 19.3 Å². The molecule has 0 aromatic heterocycles. The van der Waals surface area contributed by atoms with Gasteiger partial charge in [0.1, 0.15) is 0 Å². The van der Waals surface area contributed by atoms with Gasteiger partial charge in [-0.15, -0.1) is 0 Å². The van der Waals surface area contributed by atoms with Crippen LogP contribution in [-0.2, 0) is 9.47 Å². The van der Waals surface area contributed by atoms with Crippen LogP contribution >= 0.6 is 0 Å². The first kappa shape index (κ1) is 12.4. The van der Waals surface area contributed by atoms with E-state index in [0.717, 1.165) is 38.5 Å². The fraction of sp³-hybridized carbons (Fsp3) is 0.571. The van der Waals surface area contributed by atoms with Gasteiger partial charge in [-0.05, 0) is 25.5 Å². The Bertz CT molecular complexity index is 309. The lowest BCUT2D eigenvalue weighted by molar-refractivity contribution is 0.0438. The third-order valence-corrected chi connectivity index (χ3v) is 3.01. The highest BCUT2D eigenvalue weighted by Crippen LogP contribution is 2.13. The molecule has 1 aromatic rings. The molecule has 1 aromatic carbocycles. The Kier molecular flexibility index (Phi) is 4.83. The fourth-order valence-corrected chi connectivity index (χ4v) is 1.89. The number of rotatable bonds is 6. The molecule has 2 unspecified atom stereocenters. The number of hydrogen-bond acceptors (Lipinski definition) is 3. The summed E-state index contributed by atoms with van der Waals surface area (Å²) in [5.41, 5.74) is 1.15. The van der Waals surface area contributed by atoms with E-state index in [2.05, 4.69) is 24.4 Å². The quantitative estimate of drug-likeness (QED) is 0.822. The summed E-state index contributed by atoms with van der Waals surface area (Å²) in [5, 5.41) is 3.36. The Balaban J connectivity index is 1.62. The molecule has 2 atom stereocenters. The Labute approximate surface area is 103 Å². The van der Waals surface area contributed by atoms with Gasteiger partial charge in [0, 0.05) is 24.8 Å². The van der Waals surface area contributed by atoms with Crippen molar-refractivity contribution < 1.29 is 9.47 Å². The Morgan fingerprint density at radius 1 is 1.41 bits per heavy atom. The fourth-order valence-electron chi connectivity index (χ4n) is 1.89. The summed E-state index contributed by atoms with van der Waals surface area (Å²) in [6.45, 7) is 5.52. The van der Waals surface area contributed by atoms with Crippen molar-refractivity contribution in [3.63, 3.8) is 0 Å². The molecule has 2 rings (SSSR count). The standard InChI is InChI=1S/C14H21NO2/c1-12(17-11-13-7-8-16-10-13)9-15-14-5-3-2-4-6-14/h2-6,12-13,15H,7-11H2,1H3. The molecule has 94 valence electrons. The van der Waals surface area contributed by atoms with Gasteiger partial charge in [-0.3, -0.25) is 0 Å². The Morgan fingerprint density at radius 2 is 2.24 bits per heavy atom. The number of para-hydroxylation sites is 1. The molecule has 3 heteroatoms. The summed E-state index contributed by atoms with van der Waals surface area (Å²) in [5.74, 6) is 0.592. The maximum Gasteiger partial charge on any atom is 0.0719 e. The first-order valence-electron chi connectivity index (χ1n) is 6.33. The molecule has 0 bridgehead atoms. The van der Waals surface area contributed by atoms with E-state index in [9.17, 15) is 0 Å². The molecule has 3 nitrogen and oxygen atoms in total. The molecule has 1 aliphatic rings. The summed E-state index contributed by atoms with van der Waals surface area (Å²) in [4.78, 5) is 0. The van der Waals surface area contributed by atoms with Gasteiger partial charge in [0.15, 0.2) is 0 Å². The smallest absolute Gasteiger partial charge is 0.0719 e. The van der Waals surface area contributed by atoms with Crippen molar-refractivity contribution in [2.75, 3.05) is 31.7 Å². The molecule has 0 spiro atoms. The van der Waals surface area contributed by atoms with Crippen molar-refractivity contribution >= 4 is 5.69 Å². The predicted molar refractivity (Wildman–Crippen MR) is 69.3 cm³/mol. The molecule has 0 saturated carbocycles. The van der Waals surface area contributed by atoms with E-state index < -0.39 is 0 Å². The van der Waals surface area contributed by atoms with Crippen LogP contribution in [0.25, 0.3) is 0 Å². The van der Waals surface area contributed by atoms with Gasteiger partial charge in [-0.2, -0.15) is 0 Å². The van der Waals surface area contributed by atoms with Gasteiger partial charge >= 0.3 is 0 Å². The van der Waals surface area contributed by atoms with Crippen molar-refractivity contribution in [3.05, 3.63) is 30.3 Å². The topological polar surface area (TPSA) is 30.5 Å². The Hall–Kier alpha value is -1.06. The zero-order valence-corrected chi connectivity index (χ0v) is 10.4. The SMILES string of the molecule is CC(CNc1ccccc1)OCC1CCOC1. The van der Waals surface area contributed by atoms with E-state index in [0.29, 0.717) is 5.92 Å². The molecule has 1 aliphatic heterocycles. The average Bonchev–Trinajstić information content (AvgIpc) is 2.88. The minimum atomic E-state index is 0.232. The lowest BCUT2D eigenvalue weighted by Gasteiger charge is -2.16. The van der Waals surface area contributed by atoms with E-state index in [1.165, 1.54) is 0 Å². The molecular formula is C14H21NO2. The van der Waals surface area contributed by atoms with E-state index in [1.807, 2.05) is 18.2 Å². The summed E-state index contributed by atoms with van der Waals surface area (Å²) in [6.07, 6.45) is 1.37. The van der Waals surface area contributed by atoms with Crippen molar-refractivity contribution in [2.45, 2.75) is 19.4 Å². The van der Waals surface area contributed by atoms with Gasteiger partial charge in [-0.1, -0.05) is 18.2 Å². The first-order valence-corrected chi connectivity index (χ1v) is 6.33. The molecule has 0 amide bonds. The molecular weight excluding hydrogens is 214 g/mol. The molecule has 1 saturated heterocycles. The highest BCUT2D eigenvalue weighted by atomic mass is 16.5. The Morgan fingerprint density at radius 3 is 2.94 bits per heavy atom. The second-order valence-electron chi connectivity index (χ2n) is 4.62.